The number of nitrogens with zero attached hydrogens (tertiary/aromatic N) is 3. The Morgan fingerprint density at radius 3 is 2.86 bits per heavy atom. The van der Waals surface area contributed by atoms with Crippen LogP contribution >= 0.6 is 23.1 Å². The lowest BCUT2D eigenvalue weighted by molar-refractivity contribution is -0.129. The monoisotopic (exact) mass is 428 g/mol. The van der Waals surface area contributed by atoms with Gasteiger partial charge in [0, 0.05) is 12.7 Å². The summed E-state index contributed by atoms with van der Waals surface area (Å²) in [7, 11) is 1.89. The van der Waals surface area contributed by atoms with Gasteiger partial charge in [-0.3, -0.25) is 4.79 Å². The van der Waals surface area contributed by atoms with E-state index >= 15 is 0 Å². The summed E-state index contributed by atoms with van der Waals surface area (Å²) in [6, 6.07) is 14.6. The van der Waals surface area contributed by atoms with Gasteiger partial charge in [0.2, 0.25) is 11.0 Å². The Balaban J connectivity index is 1.34. The van der Waals surface area contributed by atoms with E-state index in [1.54, 1.807) is 12.1 Å². The van der Waals surface area contributed by atoms with E-state index < -0.39 is 0 Å². The standard InChI is InChI=1S/C21H21FN4OS2/c1-26(18-8-4-6-14-5-2-3-7-17(14)18)19(27)13-28-21-25-24-20(29-21)23-16-11-9-15(22)10-12-16/h2-3,5,7,9-12,18H,4,6,8,13H2,1H3,(H,23,24). The predicted molar refractivity (Wildman–Crippen MR) is 115 cm³/mol. The molecule has 2 aromatic carbocycles. The van der Waals surface area contributed by atoms with Crippen LogP contribution in [-0.2, 0) is 11.2 Å². The number of benzene rings is 2. The summed E-state index contributed by atoms with van der Waals surface area (Å²) in [5, 5.41) is 11.9. The number of fused-ring (bicyclic) bond motifs is 1. The average molecular weight is 429 g/mol. The first-order valence-corrected chi connectivity index (χ1v) is 11.2. The first kappa shape index (κ1) is 19.8. The van der Waals surface area contributed by atoms with Crippen LogP contribution < -0.4 is 5.32 Å². The number of amides is 1. The van der Waals surface area contributed by atoms with Gasteiger partial charge in [-0.1, -0.05) is 47.4 Å². The average Bonchev–Trinajstić information content (AvgIpc) is 3.20. The van der Waals surface area contributed by atoms with Crippen LogP contribution in [0.4, 0.5) is 15.2 Å². The summed E-state index contributed by atoms with van der Waals surface area (Å²) in [4.78, 5) is 14.6. The maximum absolute atomic E-state index is 13.0. The first-order chi connectivity index (χ1) is 14.1. The summed E-state index contributed by atoms with van der Waals surface area (Å²) in [5.41, 5.74) is 3.35. The van der Waals surface area contributed by atoms with Crippen LogP contribution in [0.25, 0.3) is 0 Å². The Morgan fingerprint density at radius 1 is 1.24 bits per heavy atom. The minimum absolute atomic E-state index is 0.0833. The second-order valence-electron chi connectivity index (χ2n) is 6.91. The van der Waals surface area contributed by atoms with Crippen molar-refractivity contribution in [3.63, 3.8) is 0 Å². The number of anilines is 2. The molecular formula is C21H21FN4OS2. The van der Waals surface area contributed by atoms with Crippen molar-refractivity contribution in [2.24, 2.45) is 0 Å². The normalized spacial score (nSPS) is 15.6. The van der Waals surface area contributed by atoms with Crippen molar-refractivity contribution >= 4 is 39.8 Å². The molecular weight excluding hydrogens is 407 g/mol. The minimum atomic E-state index is -0.285. The number of halogens is 1. The highest BCUT2D eigenvalue weighted by Crippen LogP contribution is 2.34. The van der Waals surface area contributed by atoms with Gasteiger partial charge in [0.1, 0.15) is 5.82 Å². The number of hydrogen-bond acceptors (Lipinski definition) is 6. The van der Waals surface area contributed by atoms with Crippen molar-refractivity contribution in [1.29, 1.82) is 0 Å². The van der Waals surface area contributed by atoms with E-state index in [2.05, 4.69) is 33.7 Å². The van der Waals surface area contributed by atoms with E-state index in [1.807, 2.05) is 18.0 Å². The maximum atomic E-state index is 13.0. The van der Waals surface area contributed by atoms with E-state index in [-0.39, 0.29) is 17.8 Å². The SMILES string of the molecule is CN(C(=O)CSc1nnc(Nc2ccc(F)cc2)s1)C1CCCc2ccccc21. The fourth-order valence-corrected chi connectivity index (χ4v) is 5.20. The number of carbonyl (C=O) groups is 1. The lowest BCUT2D eigenvalue weighted by Crippen LogP contribution is -2.34. The van der Waals surface area contributed by atoms with Crippen LogP contribution in [0.3, 0.4) is 0 Å². The lowest BCUT2D eigenvalue weighted by Gasteiger charge is -2.33. The Kier molecular flexibility index (Phi) is 6.10. The van der Waals surface area contributed by atoms with Gasteiger partial charge >= 0.3 is 0 Å². The summed E-state index contributed by atoms with van der Waals surface area (Å²) in [6.07, 6.45) is 3.17. The highest BCUT2D eigenvalue weighted by molar-refractivity contribution is 8.01. The minimum Gasteiger partial charge on any atom is -0.338 e. The first-order valence-electron chi connectivity index (χ1n) is 9.42. The molecule has 8 heteroatoms. The van der Waals surface area contributed by atoms with Gasteiger partial charge in [-0.15, -0.1) is 10.2 Å². The Labute approximate surface area is 177 Å². The lowest BCUT2D eigenvalue weighted by atomic mass is 9.87. The topological polar surface area (TPSA) is 58.1 Å². The van der Waals surface area contributed by atoms with Crippen molar-refractivity contribution in [1.82, 2.24) is 15.1 Å². The summed E-state index contributed by atoms with van der Waals surface area (Å²) >= 11 is 2.76. The third kappa shape index (κ3) is 4.76. The van der Waals surface area contributed by atoms with Crippen LogP contribution in [0, 0.1) is 5.82 Å². The van der Waals surface area contributed by atoms with Crippen LogP contribution in [0.5, 0.6) is 0 Å². The molecule has 0 spiro atoms. The van der Waals surface area contributed by atoms with E-state index in [9.17, 15) is 9.18 Å². The molecule has 1 aliphatic carbocycles. The van der Waals surface area contributed by atoms with Crippen LogP contribution in [0.1, 0.15) is 30.0 Å². The number of hydrogen-bond donors (Lipinski definition) is 1. The molecule has 1 atom stereocenters. The number of thioether (sulfide) groups is 1. The van der Waals surface area contributed by atoms with Crippen molar-refractivity contribution < 1.29 is 9.18 Å². The van der Waals surface area contributed by atoms with Crippen molar-refractivity contribution in [2.45, 2.75) is 29.6 Å². The van der Waals surface area contributed by atoms with Gasteiger partial charge in [0.15, 0.2) is 4.34 Å². The molecule has 0 radical (unpaired) electrons. The molecule has 29 heavy (non-hydrogen) atoms. The smallest absolute Gasteiger partial charge is 0.233 e. The molecule has 0 saturated heterocycles. The van der Waals surface area contributed by atoms with Crippen LogP contribution in [0.2, 0.25) is 0 Å². The zero-order valence-corrected chi connectivity index (χ0v) is 17.6. The largest absolute Gasteiger partial charge is 0.338 e. The van der Waals surface area contributed by atoms with Gasteiger partial charge in [-0.2, -0.15) is 0 Å². The number of nitrogens with one attached hydrogen (secondary N) is 1. The molecule has 1 aromatic heterocycles. The number of carbonyl (C=O) groups excluding carboxylic acids is 1. The Bertz CT molecular complexity index is 992. The van der Waals surface area contributed by atoms with Crippen molar-refractivity contribution in [3.05, 3.63) is 65.5 Å². The fourth-order valence-electron chi connectivity index (χ4n) is 3.51. The van der Waals surface area contributed by atoms with Gasteiger partial charge in [-0.05, 0) is 54.7 Å². The van der Waals surface area contributed by atoms with E-state index in [1.165, 1.54) is 46.4 Å². The highest BCUT2D eigenvalue weighted by Gasteiger charge is 2.26. The highest BCUT2D eigenvalue weighted by atomic mass is 32.2. The van der Waals surface area contributed by atoms with Gasteiger partial charge in [0.25, 0.3) is 0 Å². The van der Waals surface area contributed by atoms with Gasteiger partial charge < -0.3 is 10.2 Å². The van der Waals surface area contributed by atoms with Crippen molar-refractivity contribution in [2.75, 3.05) is 18.1 Å². The maximum Gasteiger partial charge on any atom is 0.233 e. The number of rotatable bonds is 6. The molecule has 1 N–H and O–H groups in total. The van der Waals surface area contributed by atoms with Crippen molar-refractivity contribution in [3.8, 4) is 0 Å². The third-order valence-electron chi connectivity index (χ3n) is 5.02. The zero-order chi connectivity index (χ0) is 20.2. The Morgan fingerprint density at radius 2 is 2.03 bits per heavy atom. The molecule has 0 saturated carbocycles. The predicted octanol–water partition coefficient (Wildman–Crippen LogP) is 5.05. The van der Waals surface area contributed by atoms with E-state index in [4.69, 9.17) is 0 Å². The van der Waals surface area contributed by atoms with E-state index in [0.29, 0.717) is 10.9 Å². The second kappa shape index (κ2) is 8.92. The number of aromatic nitrogens is 2. The molecule has 1 unspecified atom stereocenters. The van der Waals surface area contributed by atoms with Gasteiger partial charge in [-0.25, -0.2) is 4.39 Å². The molecule has 1 aliphatic rings. The van der Waals surface area contributed by atoms with E-state index in [0.717, 1.165) is 29.3 Å². The fraction of sp³-hybridized carbons (Fsp3) is 0.286. The molecule has 1 heterocycles. The van der Waals surface area contributed by atoms with Crippen LogP contribution in [-0.4, -0.2) is 33.8 Å². The number of aryl methyl sites for hydroxylation is 1. The molecule has 150 valence electrons. The molecule has 0 bridgehead atoms. The quantitative estimate of drug-likeness (QED) is 0.557. The molecule has 4 rings (SSSR count). The third-order valence-corrected chi connectivity index (χ3v) is 6.98. The molecule has 0 fully saturated rings. The molecule has 5 nitrogen and oxygen atoms in total. The Hall–Kier alpha value is -2.45. The second-order valence-corrected chi connectivity index (χ2v) is 9.11. The molecule has 3 aromatic rings. The zero-order valence-electron chi connectivity index (χ0n) is 16.0. The van der Waals surface area contributed by atoms with Gasteiger partial charge in [0.05, 0.1) is 11.8 Å². The molecule has 1 amide bonds. The summed E-state index contributed by atoms with van der Waals surface area (Å²) < 4.78 is 13.7. The van der Waals surface area contributed by atoms with Crippen LogP contribution in [0.15, 0.2) is 52.9 Å². The summed E-state index contributed by atoms with van der Waals surface area (Å²) in [6.45, 7) is 0. The summed E-state index contributed by atoms with van der Waals surface area (Å²) in [5.74, 6) is 0.118. The molecule has 0 aliphatic heterocycles.